The Morgan fingerprint density at radius 1 is 1.16 bits per heavy atom. The van der Waals surface area contributed by atoms with Gasteiger partial charge in [-0.3, -0.25) is 0 Å². The van der Waals surface area contributed by atoms with Crippen LogP contribution in [-0.2, 0) is 6.54 Å². The molecule has 25 heavy (non-hydrogen) atoms. The van der Waals surface area contributed by atoms with Crippen molar-refractivity contribution >= 4 is 0 Å². The van der Waals surface area contributed by atoms with Crippen molar-refractivity contribution in [3.8, 4) is 17.2 Å². The van der Waals surface area contributed by atoms with Crippen LogP contribution in [0, 0.1) is 11.7 Å². The summed E-state index contributed by atoms with van der Waals surface area (Å²) in [6.45, 7) is 1.62. The molecule has 0 radical (unpaired) electrons. The molecule has 2 aromatic rings. The van der Waals surface area contributed by atoms with Gasteiger partial charge in [-0.25, -0.2) is 4.39 Å². The number of rotatable bonds is 6. The molecular formula is C20H22FNO3. The van der Waals surface area contributed by atoms with E-state index in [1.165, 1.54) is 20.0 Å². The van der Waals surface area contributed by atoms with E-state index in [1.807, 2.05) is 18.2 Å². The second kappa shape index (κ2) is 6.92. The highest BCUT2D eigenvalue weighted by Gasteiger charge is 2.33. The predicted molar refractivity (Wildman–Crippen MR) is 92.7 cm³/mol. The Labute approximate surface area is 146 Å². The van der Waals surface area contributed by atoms with Crippen LogP contribution in [0.25, 0.3) is 0 Å². The predicted octanol–water partition coefficient (Wildman–Crippen LogP) is 3.85. The number of fused-ring (bicyclic) bond motifs is 1. The monoisotopic (exact) mass is 343 g/mol. The Morgan fingerprint density at radius 3 is 2.72 bits per heavy atom. The summed E-state index contributed by atoms with van der Waals surface area (Å²) >= 11 is 0. The van der Waals surface area contributed by atoms with E-state index in [-0.39, 0.29) is 17.6 Å². The van der Waals surface area contributed by atoms with Gasteiger partial charge in [0.25, 0.3) is 0 Å². The van der Waals surface area contributed by atoms with E-state index in [0.717, 1.165) is 17.1 Å². The number of hydrogen-bond acceptors (Lipinski definition) is 4. The third kappa shape index (κ3) is 3.42. The lowest BCUT2D eigenvalue weighted by Crippen LogP contribution is -2.24. The van der Waals surface area contributed by atoms with Crippen LogP contribution in [-0.4, -0.2) is 20.3 Å². The van der Waals surface area contributed by atoms with Gasteiger partial charge in [-0.05, 0) is 42.5 Å². The fourth-order valence-corrected chi connectivity index (χ4v) is 3.31. The van der Waals surface area contributed by atoms with Crippen LogP contribution in [0.4, 0.5) is 4.39 Å². The molecule has 0 saturated heterocycles. The minimum atomic E-state index is -0.297. The fourth-order valence-electron chi connectivity index (χ4n) is 3.31. The smallest absolute Gasteiger partial charge is 0.169 e. The molecule has 0 amide bonds. The first-order valence-electron chi connectivity index (χ1n) is 8.70. The van der Waals surface area contributed by atoms with E-state index in [9.17, 15) is 4.39 Å². The number of benzene rings is 2. The highest BCUT2D eigenvalue weighted by molar-refractivity contribution is 5.45. The van der Waals surface area contributed by atoms with Gasteiger partial charge in [-0.15, -0.1) is 0 Å². The van der Waals surface area contributed by atoms with Gasteiger partial charge >= 0.3 is 0 Å². The van der Waals surface area contributed by atoms with E-state index in [2.05, 4.69) is 11.4 Å². The molecule has 4 nitrogen and oxygen atoms in total. The van der Waals surface area contributed by atoms with E-state index >= 15 is 0 Å². The largest absolute Gasteiger partial charge is 0.494 e. The summed E-state index contributed by atoms with van der Waals surface area (Å²) in [5.74, 6) is 2.15. The Hall–Kier alpha value is -2.27. The summed E-state index contributed by atoms with van der Waals surface area (Å²) < 4.78 is 30.7. The van der Waals surface area contributed by atoms with Crippen molar-refractivity contribution in [2.24, 2.45) is 5.92 Å². The second-order valence-electron chi connectivity index (χ2n) is 6.53. The Kier molecular flexibility index (Phi) is 4.49. The van der Waals surface area contributed by atoms with Crippen molar-refractivity contribution in [2.75, 3.05) is 20.3 Å². The maximum Gasteiger partial charge on any atom is 0.169 e. The van der Waals surface area contributed by atoms with Gasteiger partial charge in [0.15, 0.2) is 23.1 Å². The summed E-state index contributed by atoms with van der Waals surface area (Å²) in [5.41, 5.74) is 1.78. The molecule has 0 bridgehead atoms. The van der Waals surface area contributed by atoms with Gasteiger partial charge in [0, 0.05) is 18.2 Å². The molecule has 1 aliphatic heterocycles. The molecule has 4 rings (SSSR count). The third-order valence-corrected chi connectivity index (χ3v) is 4.79. The van der Waals surface area contributed by atoms with Gasteiger partial charge < -0.3 is 19.5 Å². The van der Waals surface area contributed by atoms with E-state index in [0.29, 0.717) is 31.2 Å². The molecule has 1 aliphatic carbocycles. The zero-order chi connectivity index (χ0) is 17.2. The zero-order valence-electron chi connectivity index (χ0n) is 14.3. The van der Waals surface area contributed by atoms with E-state index < -0.39 is 0 Å². The molecule has 2 aliphatic rings. The average molecular weight is 343 g/mol. The average Bonchev–Trinajstić information content (AvgIpc) is 3.48. The number of methoxy groups -OCH3 is 1. The molecule has 1 unspecified atom stereocenters. The number of nitrogens with one attached hydrogen (secondary N) is 1. The van der Waals surface area contributed by atoms with Crippen LogP contribution in [0.2, 0.25) is 0 Å². The molecule has 2 aromatic carbocycles. The summed E-state index contributed by atoms with van der Waals surface area (Å²) in [5, 5.41) is 3.52. The second-order valence-corrected chi connectivity index (χ2v) is 6.53. The summed E-state index contributed by atoms with van der Waals surface area (Å²) in [6.07, 6.45) is 2.37. The van der Waals surface area contributed by atoms with Gasteiger partial charge in [-0.2, -0.15) is 0 Å². The molecule has 1 atom stereocenters. The maximum atomic E-state index is 14.4. The Balaban J connectivity index is 1.53. The molecule has 1 N–H and O–H groups in total. The van der Waals surface area contributed by atoms with Crippen LogP contribution in [0.1, 0.15) is 30.0 Å². The first-order valence-corrected chi connectivity index (χ1v) is 8.70. The molecule has 0 spiro atoms. The number of halogens is 1. The van der Waals surface area contributed by atoms with Gasteiger partial charge in [-0.1, -0.05) is 18.2 Å². The molecule has 132 valence electrons. The van der Waals surface area contributed by atoms with Crippen LogP contribution >= 0.6 is 0 Å². The van der Waals surface area contributed by atoms with E-state index in [1.54, 1.807) is 12.1 Å². The third-order valence-electron chi connectivity index (χ3n) is 4.79. The number of hydrogen-bond donors (Lipinski definition) is 1. The normalized spacial score (nSPS) is 17.2. The van der Waals surface area contributed by atoms with Crippen molar-refractivity contribution in [1.29, 1.82) is 0 Å². The van der Waals surface area contributed by atoms with Crippen LogP contribution < -0.4 is 19.5 Å². The van der Waals surface area contributed by atoms with Crippen molar-refractivity contribution in [1.82, 2.24) is 5.32 Å². The van der Waals surface area contributed by atoms with Gasteiger partial charge in [0.1, 0.15) is 13.2 Å². The van der Waals surface area contributed by atoms with Crippen molar-refractivity contribution in [3.63, 3.8) is 0 Å². The molecule has 5 heteroatoms. The fraction of sp³-hybridized carbons (Fsp3) is 0.400. The lowest BCUT2D eigenvalue weighted by molar-refractivity contribution is 0.171. The Bertz CT molecular complexity index is 761. The van der Waals surface area contributed by atoms with Crippen LogP contribution in [0.3, 0.4) is 0 Å². The first kappa shape index (κ1) is 16.2. The Morgan fingerprint density at radius 2 is 1.96 bits per heavy atom. The molecule has 1 saturated carbocycles. The van der Waals surface area contributed by atoms with Crippen molar-refractivity contribution in [3.05, 3.63) is 53.3 Å². The lowest BCUT2D eigenvalue weighted by atomic mass is 10.0. The maximum absolute atomic E-state index is 14.4. The summed E-state index contributed by atoms with van der Waals surface area (Å²) in [7, 11) is 1.48. The minimum Gasteiger partial charge on any atom is -0.494 e. The SMILES string of the molecule is COc1cccc(CNC(c2ccc3c(c2)OCCO3)C2CC2)c1F. The van der Waals surface area contributed by atoms with Crippen molar-refractivity contribution in [2.45, 2.75) is 25.4 Å². The number of ether oxygens (including phenoxy) is 3. The standard InChI is InChI=1S/C20H22FNO3/c1-23-17-4-2-3-15(19(17)21)12-22-20(13-5-6-13)14-7-8-16-18(11-14)25-10-9-24-16/h2-4,7-8,11,13,20,22H,5-6,9-10,12H2,1H3. The van der Waals surface area contributed by atoms with Gasteiger partial charge in [0.05, 0.1) is 7.11 Å². The van der Waals surface area contributed by atoms with Crippen LogP contribution in [0.5, 0.6) is 17.2 Å². The molecule has 1 fully saturated rings. The zero-order valence-corrected chi connectivity index (χ0v) is 14.3. The molecule has 1 heterocycles. The summed E-state index contributed by atoms with van der Waals surface area (Å²) in [6, 6.07) is 11.5. The lowest BCUT2D eigenvalue weighted by Gasteiger charge is -2.23. The topological polar surface area (TPSA) is 39.7 Å². The highest BCUT2D eigenvalue weighted by atomic mass is 19.1. The summed E-state index contributed by atoms with van der Waals surface area (Å²) in [4.78, 5) is 0. The van der Waals surface area contributed by atoms with E-state index in [4.69, 9.17) is 14.2 Å². The molecule has 0 aromatic heterocycles. The quantitative estimate of drug-likeness (QED) is 0.865. The van der Waals surface area contributed by atoms with Gasteiger partial charge in [0.2, 0.25) is 0 Å². The van der Waals surface area contributed by atoms with Crippen molar-refractivity contribution < 1.29 is 18.6 Å². The first-order chi connectivity index (χ1) is 12.3. The van der Waals surface area contributed by atoms with Crippen LogP contribution in [0.15, 0.2) is 36.4 Å². The minimum absolute atomic E-state index is 0.182. The highest BCUT2D eigenvalue weighted by Crippen LogP contribution is 2.43. The molecular weight excluding hydrogens is 321 g/mol.